The number of hydrogen-bond donors (Lipinski definition) is 2. The first-order chi connectivity index (χ1) is 11.6. The molecule has 6 nitrogen and oxygen atoms in total. The van der Waals surface area contributed by atoms with Crippen LogP contribution in [0, 0.1) is 0 Å². The van der Waals surface area contributed by atoms with Gasteiger partial charge in [-0.05, 0) is 30.7 Å². The maximum Gasteiger partial charge on any atom is 0.317 e. The molecule has 1 aliphatic rings. The first-order valence-electron chi connectivity index (χ1n) is 8.81. The molecule has 1 fully saturated rings. The molecule has 132 valence electrons. The van der Waals surface area contributed by atoms with Crippen LogP contribution >= 0.6 is 0 Å². The molecule has 0 aliphatic carbocycles. The minimum absolute atomic E-state index is 0.0189. The van der Waals surface area contributed by atoms with Crippen LogP contribution in [0.3, 0.4) is 0 Å². The van der Waals surface area contributed by atoms with Crippen molar-refractivity contribution in [1.29, 1.82) is 0 Å². The van der Waals surface area contributed by atoms with E-state index in [-0.39, 0.29) is 11.9 Å². The van der Waals surface area contributed by atoms with Gasteiger partial charge in [-0.15, -0.1) is 0 Å². The second-order valence-electron chi connectivity index (χ2n) is 6.01. The van der Waals surface area contributed by atoms with Gasteiger partial charge in [-0.3, -0.25) is 4.79 Å². The maximum atomic E-state index is 12.0. The van der Waals surface area contributed by atoms with E-state index in [1.165, 1.54) is 0 Å². The molecule has 0 radical (unpaired) electrons. The summed E-state index contributed by atoms with van der Waals surface area (Å²) in [6.45, 7) is 7.80. The molecule has 1 heterocycles. The summed E-state index contributed by atoms with van der Waals surface area (Å²) >= 11 is 0. The van der Waals surface area contributed by atoms with Crippen LogP contribution in [0.1, 0.15) is 33.1 Å². The van der Waals surface area contributed by atoms with Crippen molar-refractivity contribution >= 4 is 23.3 Å². The van der Waals surface area contributed by atoms with E-state index in [1.807, 2.05) is 36.1 Å². The van der Waals surface area contributed by atoms with E-state index in [2.05, 4.69) is 22.5 Å². The van der Waals surface area contributed by atoms with E-state index in [4.69, 9.17) is 0 Å². The summed E-state index contributed by atoms with van der Waals surface area (Å²) in [5.41, 5.74) is 1.94. The fourth-order valence-electron chi connectivity index (χ4n) is 2.66. The molecular weight excluding hydrogens is 304 g/mol. The van der Waals surface area contributed by atoms with Crippen molar-refractivity contribution in [3.63, 3.8) is 0 Å². The summed E-state index contributed by atoms with van der Waals surface area (Å²) < 4.78 is 0. The minimum Gasteiger partial charge on any atom is -0.368 e. The molecule has 1 saturated heterocycles. The van der Waals surface area contributed by atoms with Crippen LogP contribution < -0.4 is 15.5 Å². The number of benzene rings is 1. The van der Waals surface area contributed by atoms with Crippen molar-refractivity contribution in [2.24, 2.45) is 0 Å². The van der Waals surface area contributed by atoms with Crippen LogP contribution in [0.25, 0.3) is 0 Å². The Labute approximate surface area is 144 Å². The Bertz CT molecular complexity index is 536. The summed E-state index contributed by atoms with van der Waals surface area (Å²) in [6.07, 6.45) is 2.58. The fraction of sp³-hybridized carbons (Fsp3) is 0.556. The van der Waals surface area contributed by atoms with Gasteiger partial charge < -0.3 is 20.4 Å². The summed E-state index contributed by atoms with van der Waals surface area (Å²) in [6, 6.07) is 7.92. The van der Waals surface area contributed by atoms with E-state index in [0.29, 0.717) is 6.42 Å². The van der Waals surface area contributed by atoms with Crippen molar-refractivity contribution in [1.82, 2.24) is 10.2 Å². The van der Waals surface area contributed by atoms with E-state index in [0.717, 1.165) is 56.9 Å². The Balaban J connectivity index is 1.81. The fourth-order valence-corrected chi connectivity index (χ4v) is 2.66. The lowest BCUT2D eigenvalue weighted by Crippen LogP contribution is -2.52. The highest BCUT2D eigenvalue weighted by molar-refractivity contribution is 5.90. The lowest BCUT2D eigenvalue weighted by molar-refractivity contribution is -0.115. The molecule has 2 N–H and O–H groups in total. The third-order valence-electron chi connectivity index (χ3n) is 4.21. The molecule has 0 bridgehead atoms. The number of urea groups is 1. The Kier molecular flexibility index (Phi) is 6.90. The van der Waals surface area contributed by atoms with Gasteiger partial charge in [0, 0.05) is 50.5 Å². The zero-order valence-electron chi connectivity index (χ0n) is 14.7. The van der Waals surface area contributed by atoms with Crippen molar-refractivity contribution in [3.05, 3.63) is 24.3 Å². The van der Waals surface area contributed by atoms with Crippen molar-refractivity contribution < 1.29 is 9.59 Å². The number of anilines is 2. The normalized spacial score (nSPS) is 14.4. The number of hydrogen-bond acceptors (Lipinski definition) is 3. The van der Waals surface area contributed by atoms with E-state index < -0.39 is 0 Å². The highest BCUT2D eigenvalue weighted by Gasteiger charge is 2.20. The Morgan fingerprint density at radius 3 is 2.29 bits per heavy atom. The largest absolute Gasteiger partial charge is 0.368 e. The number of amides is 3. The third kappa shape index (κ3) is 5.15. The monoisotopic (exact) mass is 332 g/mol. The quantitative estimate of drug-likeness (QED) is 0.787. The molecule has 0 aromatic heterocycles. The zero-order chi connectivity index (χ0) is 17.4. The maximum absolute atomic E-state index is 12.0. The molecular formula is C18H28N4O2. The number of carbonyl (C=O) groups excluding carboxylic acids is 2. The molecule has 1 aromatic rings. The number of rotatable bonds is 6. The topological polar surface area (TPSA) is 64.7 Å². The van der Waals surface area contributed by atoms with Gasteiger partial charge in [0.1, 0.15) is 0 Å². The smallest absolute Gasteiger partial charge is 0.317 e. The highest BCUT2D eigenvalue weighted by atomic mass is 16.2. The van der Waals surface area contributed by atoms with Crippen LogP contribution in [-0.2, 0) is 4.79 Å². The predicted molar refractivity (Wildman–Crippen MR) is 97.5 cm³/mol. The van der Waals surface area contributed by atoms with E-state index in [9.17, 15) is 9.59 Å². The Morgan fingerprint density at radius 2 is 1.71 bits per heavy atom. The molecule has 2 rings (SSSR count). The van der Waals surface area contributed by atoms with Crippen LogP contribution in [0.2, 0.25) is 0 Å². The molecule has 0 spiro atoms. The van der Waals surface area contributed by atoms with Crippen molar-refractivity contribution in [2.45, 2.75) is 33.1 Å². The van der Waals surface area contributed by atoms with Crippen LogP contribution in [-0.4, -0.2) is 49.6 Å². The second kappa shape index (κ2) is 9.15. The molecule has 24 heavy (non-hydrogen) atoms. The Morgan fingerprint density at radius 1 is 1.04 bits per heavy atom. The second-order valence-corrected chi connectivity index (χ2v) is 6.01. The zero-order valence-corrected chi connectivity index (χ0v) is 14.7. The van der Waals surface area contributed by atoms with Crippen LogP contribution in [0.15, 0.2) is 24.3 Å². The molecule has 0 unspecified atom stereocenters. The van der Waals surface area contributed by atoms with Crippen molar-refractivity contribution in [3.8, 4) is 0 Å². The van der Waals surface area contributed by atoms with E-state index >= 15 is 0 Å². The van der Waals surface area contributed by atoms with Gasteiger partial charge in [-0.1, -0.05) is 20.3 Å². The van der Waals surface area contributed by atoms with Gasteiger partial charge in [0.05, 0.1) is 0 Å². The highest BCUT2D eigenvalue weighted by Crippen LogP contribution is 2.19. The minimum atomic E-state index is 0.0189. The number of piperazine rings is 1. The molecule has 1 aliphatic heterocycles. The van der Waals surface area contributed by atoms with Gasteiger partial charge >= 0.3 is 6.03 Å². The average Bonchev–Trinajstić information content (AvgIpc) is 2.62. The standard InChI is InChI=1S/C18H28N4O2/c1-3-5-10-19-18(24)22-13-11-21(12-14-22)16-8-6-15(7-9-16)20-17(23)4-2/h6-9H,3-5,10-14H2,1-2H3,(H,19,24)(H,20,23). The molecule has 1 aromatic carbocycles. The molecule has 0 atom stereocenters. The van der Waals surface area contributed by atoms with Crippen LogP contribution in [0.5, 0.6) is 0 Å². The number of carbonyl (C=O) groups is 2. The summed E-state index contributed by atoms with van der Waals surface area (Å²) in [4.78, 5) is 27.6. The van der Waals surface area contributed by atoms with Gasteiger partial charge in [-0.2, -0.15) is 0 Å². The summed E-state index contributed by atoms with van der Waals surface area (Å²) in [7, 11) is 0. The SMILES string of the molecule is CCCCNC(=O)N1CCN(c2ccc(NC(=O)CC)cc2)CC1. The third-order valence-corrected chi connectivity index (χ3v) is 4.21. The predicted octanol–water partition coefficient (Wildman–Crippen LogP) is 2.67. The Hall–Kier alpha value is -2.24. The average molecular weight is 332 g/mol. The molecule has 0 saturated carbocycles. The number of nitrogens with one attached hydrogen (secondary N) is 2. The first-order valence-corrected chi connectivity index (χ1v) is 8.81. The van der Waals surface area contributed by atoms with Gasteiger partial charge in [0.15, 0.2) is 0 Å². The summed E-state index contributed by atoms with van der Waals surface area (Å²) in [5, 5.41) is 5.82. The van der Waals surface area contributed by atoms with Gasteiger partial charge in [0.25, 0.3) is 0 Å². The van der Waals surface area contributed by atoms with Crippen LogP contribution in [0.4, 0.5) is 16.2 Å². The lowest BCUT2D eigenvalue weighted by Gasteiger charge is -2.36. The van der Waals surface area contributed by atoms with Gasteiger partial charge in [0.2, 0.25) is 5.91 Å². The first kappa shape index (κ1) is 18.1. The van der Waals surface area contributed by atoms with Gasteiger partial charge in [-0.25, -0.2) is 4.79 Å². The number of nitrogens with zero attached hydrogens (tertiary/aromatic N) is 2. The molecule has 6 heteroatoms. The number of unbranched alkanes of at least 4 members (excludes halogenated alkanes) is 1. The van der Waals surface area contributed by atoms with Crippen molar-refractivity contribution in [2.75, 3.05) is 42.9 Å². The lowest BCUT2D eigenvalue weighted by atomic mass is 10.2. The van der Waals surface area contributed by atoms with E-state index in [1.54, 1.807) is 0 Å². The molecule has 3 amide bonds. The summed E-state index contributed by atoms with van der Waals surface area (Å²) in [5.74, 6) is 0.0189.